The van der Waals surface area contributed by atoms with Crippen molar-refractivity contribution in [3.63, 3.8) is 0 Å². The van der Waals surface area contributed by atoms with Gasteiger partial charge >= 0.3 is 12.2 Å². The lowest BCUT2D eigenvalue weighted by Crippen LogP contribution is -2.46. The summed E-state index contributed by atoms with van der Waals surface area (Å²) >= 11 is 5.90. The molecule has 32 heavy (non-hydrogen) atoms. The molecule has 0 bridgehead atoms. The van der Waals surface area contributed by atoms with Gasteiger partial charge in [-0.25, -0.2) is 19.3 Å². The van der Waals surface area contributed by atoms with Gasteiger partial charge in [0.05, 0.1) is 23.8 Å². The molecule has 0 saturated carbocycles. The van der Waals surface area contributed by atoms with Gasteiger partial charge in [0, 0.05) is 25.0 Å². The molecule has 4 aromatic heterocycles. The maximum atomic E-state index is 14.2. The maximum absolute atomic E-state index is 14.2. The number of anilines is 2. The van der Waals surface area contributed by atoms with E-state index in [4.69, 9.17) is 11.6 Å². The summed E-state index contributed by atoms with van der Waals surface area (Å²) < 4.78 is 45.1. The number of rotatable bonds is 1. The molecule has 9 nitrogen and oxygen atoms in total. The van der Waals surface area contributed by atoms with Crippen LogP contribution in [0.3, 0.4) is 0 Å². The smallest absolute Gasteiger partial charge is 0.292 e. The Kier molecular flexibility index (Phi) is 4.19. The van der Waals surface area contributed by atoms with Gasteiger partial charge in [-0.2, -0.15) is 23.4 Å². The third kappa shape index (κ3) is 2.82. The number of hydrogen-bond donors (Lipinski definition) is 1. The molecule has 0 spiro atoms. The van der Waals surface area contributed by atoms with Crippen molar-refractivity contribution in [1.29, 1.82) is 0 Å². The van der Waals surface area contributed by atoms with Gasteiger partial charge in [-0.1, -0.05) is 11.6 Å². The number of aryl methyl sites for hydroxylation is 2. The number of urea groups is 1. The van der Waals surface area contributed by atoms with Gasteiger partial charge < -0.3 is 0 Å². The number of pyridine rings is 1. The van der Waals surface area contributed by atoms with Crippen LogP contribution in [0.1, 0.15) is 18.2 Å². The Morgan fingerprint density at radius 1 is 1.28 bits per heavy atom. The summed E-state index contributed by atoms with van der Waals surface area (Å²) in [6, 6.07) is 2.22. The summed E-state index contributed by atoms with van der Waals surface area (Å²) in [5.41, 5.74) is -1.08. The average molecular weight is 465 g/mol. The number of hydrogen-bond acceptors (Lipinski definition) is 5. The van der Waals surface area contributed by atoms with E-state index in [1.54, 1.807) is 24.0 Å². The molecule has 1 atom stereocenters. The van der Waals surface area contributed by atoms with Crippen LogP contribution in [0.2, 0.25) is 5.15 Å². The predicted molar refractivity (Wildman–Crippen MR) is 111 cm³/mol. The highest BCUT2D eigenvalue weighted by Crippen LogP contribution is 2.50. The largest absolute Gasteiger partial charge is 0.401 e. The Morgan fingerprint density at radius 3 is 2.75 bits per heavy atom. The first-order valence-corrected chi connectivity index (χ1v) is 9.87. The fourth-order valence-corrected chi connectivity index (χ4v) is 4.18. The van der Waals surface area contributed by atoms with Crippen molar-refractivity contribution in [2.75, 3.05) is 16.8 Å². The van der Waals surface area contributed by atoms with Crippen LogP contribution in [0.25, 0.3) is 16.7 Å². The molecule has 0 saturated heterocycles. The fourth-order valence-electron chi connectivity index (χ4n) is 4.00. The van der Waals surface area contributed by atoms with E-state index in [2.05, 4.69) is 25.5 Å². The number of halogens is 4. The zero-order valence-electron chi connectivity index (χ0n) is 17.1. The van der Waals surface area contributed by atoms with Gasteiger partial charge in [0.1, 0.15) is 11.2 Å². The second kappa shape index (κ2) is 6.55. The average Bonchev–Trinajstić information content (AvgIpc) is 3.35. The van der Waals surface area contributed by atoms with Crippen molar-refractivity contribution in [3.8, 4) is 0 Å². The molecule has 0 aliphatic carbocycles. The highest BCUT2D eigenvalue weighted by molar-refractivity contribution is 6.29. The van der Waals surface area contributed by atoms with Crippen LogP contribution in [0.5, 0.6) is 0 Å². The van der Waals surface area contributed by atoms with Gasteiger partial charge in [-0.05, 0) is 25.5 Å². The van der Waals surface area contributed by atoms with Crippen molar-refractivity contribution in [2.45, 2.75) is 25.4 Å². The number of fused-ring (bicyclic) bond motifs is 4. The topological polar surface area (TPSA) is 93.2 Å². The first-order valence-electron chi connectivity index (χ1n) is 9.49. The second-order valence-corrected chi connectivity index (χ2v) is 8.29. The molecule has 13 heteroatoms. The second-order valence-electron chi connectivity index (χ2n) is 7.91. The first kappa shape index (κ1) is 20.5. The Bertz CT molecular complexity index is 1410. The molecule has 1 N–H and O–H groups in total. The van der Waals surface area contributed by atoms with Crippen LogP contribution >= 0.6 is 11.6 Å². The standard InChI is InChI=1S/C19H16ClF3N8O/c1-9-4-13(26-16-10(9)6-25-29(16)3)27-17(32)30-8-18(2,19(21,22)23)15-11(30)7-24-14-5-12(20)28-31(14)15/h4-7H,8H2,1-3H3,(H,26,27,32)/t18-/m1/s1. The van der Waals surface area contributed by atoms with Crippen molar-refractivity contribution < 1.29 is 18.0 Å². The van der Waals surface area contributed by atoms with Crippen LogP contribution in [0.4, 0.5) is 29.5 Å². The molecule has 0 radical (unpaired) electrons. The van der Waals surface area contributed by atoms with Crippen molar-refractivity contribution in [1.82, 2.24) is 29.4 Å². The number of carbonyl (C=O) groups is 1. The van der Waals surface area contributed by atoms with Crippen LogP contribution in [-0.2, 0) is 12.5 Å². The lowest BCUT2D eigenvalue weighted by molar-refractivity contribution is -0.181. The summed E-state index contributed by atoms with van der Waals surface area (Å²) in [5.74, 6) is 0.196. The molecule has 2 amide bonds. The Hall–Kier alpha value is -3.41. The number of aromatic nitrogens is 6. The van der Waals surface area contributed by atoms with Crippen LogP contribution < -0.4 is 10.2 Å². The van der Waals surface area contributed by atoms with E-state index < -0.39 is 24.2 Å². The maximum Gasteiger partial charge on any atom is 0.401 e. The summed E-state index contributed by atoms with van der Waals surface area (Å²) in [5, 5.41) is 11.5. The summed E-state index contributed by atoms with van der Waals surface area (Å²) in [4.78, 5) is 22.6. The van der Waals surface area contributed by atoms with Crippen molar-refractivity contribution >= 4 is 45.8 Å². The molecule has 0 aromatic carbocycles. The molecule has 4 aromatic rings. The lowest BCUT2D eigenvalue weighted by Gasteiger charge is -2.28. The van der Waals surface area contributed by atoms with E-state index >= 15 is 0 Å². The van der Waals surface area contributed by atoms with E-state index in [1.807, 2.05) is 6.92 Å². The Balaban J connectivity index is 1.59. The van der Waals surface area contributed by atoms with E-state index in [9.17, 15) is 18.0 Å². The fraction of sp³-hybridized carbons (Fsp3) is 0.316. The summed E-state index contributed by atoms with van der Waals surface area (Å²) in [6.07, 6.45) is -1.78. The summed E-state index contributed by atoms with van der Waals surface area (Å²) in [7, 11) is 1.71. The molecular weight excluding hydrogens is 449 g/mol. The third-order valence-electron chi connectivity index (χ3n) is 5.74. The molecule has 0 fully saturated rings. The molecular formula is C19H16ClF3N8O. The number of nitrogens with one attached hydrogen (secondary N) is 1. The van der Waals surface area contributed by atoms with Gasteiger partial charge in [0.2, 0.25) is 0 Å². The minimum Gasteiger partial charge on any atom is -0.292 e. The van der Waals surface area contributed by atoms with Gasteiger partial charge in [0.25, 0.3) is 0 Å². The van der Waals surface area contributed by atoms with Crippen LogP contribution in [0, 0.1) is 6.92 Å². The van der Waals surface area contributed by atoms with Gasteiger partial charge in [0.15, 0.2) is 16.4 Å². The van der Waals surface area contributed by atoms with Gasteiger partial charge in [-0.3, -0.25) is 14.9 Å². The lowest BCUT2D eigenvalue weighted by atomic mass is 9.88. The predicted octanol–water partition coefficient (Wildman–Crippen LogP) is 3.84. The SMILES string of the molecule is Cc1cc(NC(=O)N2C[C@@](C)(C(F)(F)F)c3c2cnc2cc(Cl)nn32)nc2c1cnn2C. The molecule has 166 valence electrons. The zero-order valence-corrected chi connectivity index (χ0v) is 17.8. The Morgan fingerprint density at radius 2 is 2.03 bits per heavy atom. The van der Waals surface area contributed by atoms with Crippen LogP contribution in [0.15, 0.2) is 24.5 Å². The normalized spacial score (nSPS) is 18.5. The molecule has 5 heterocycles. The summed E-state index contributed by atoms with van der Waals surface area (Å²) in [6.45, 7) is 2.20. The minimum absolute atomic E-state index is 0.00230. The zero-order chi connectivity index (χ0) is 23.0. The Labute approximate surface area is 183 Å². The van der Waals surface area contributed by atoms with Crippen molar-refractivity contribution in [3.05, 3.63) is 40.9 Å². The number of alkyl halides is 3. The third-order valence-corrected chi connectivity index (χ3v) is 5.92. The van der Waals surface area contributed by atoms with Crippen LogP contribution in [-0.4, -0.2) is 48.1 Å². The number of nitrogens with zero attached hydrogens (tertiary/aromatic N) is 7. The van der Waals surface area contributed by atoms with E-state index in [0.29, 0.717) is 5.65 Å². The molecule has 5 rings (SSSR count). The highest BCUT2D eigenvalue weighted by atomic mass is 35.5. The quantitative estimate of drug-likeness (QED) is 0.462. The first-order chi connectivity index (χ1) is 15.0. The number of carbonyl (C=O) groups excluding carboxylic acids is 1. The number of amides is 2. The van der Waals surface area contributed by atoms with E-state index in [0.717, 1.165) is 27.3 Å². The molecule has 1 aliphatic rings. The molecule has 1 aliphatic heterocycles. The van der Waals surface area contributed by atoms with E-state index in [1.165, 1.54) is 12.3 Å². The monoisotopic (exact) mass is 464 g/mol. The van der Waals surface area contributed by atoms with E-state index in [-0.39, 0.29) is 28.0 Å². The van der Waals surface area contributed by atoms with Gasteiger partial charge in [-0.15, -0.1) is 0 Å². The molecule has 0 unspecified atom stereocenters. The minimum atomic E-state index is -4.66. The highest BCUT2D eigenvalue weighted by Gasteiger charge is 2.60. The van der Waals surface area contributed by atoms with Crippen molar-refractivity contribution in [2.24, 2.45) is 7.05 Å².